The van der Waals surface area contributed by atoms with Gasteiger partial charge >= 0.3 is 43.9 Å². The van der Waals surface area contributed by atoms with E-state index >= 15 is 0 Å². The molecular formula is CH4CaO4Ti. The van der Waals surface area contributed by atoms with E-state index in [1.54, 1.807) is 0 Å². The van der Waals surface area contributed by atoms with Crippen molar-refractivity contribution in [2.45, 2.75) is 6.16 Å². The second-order valence-corrected chi connectivity index (χ2v) is 0.715. The molecule has 0 radical (unpaired) electrons. The standard InChI is InChI=1S/CH2O4.Ca.Ti.2H/c2-1(3)4-5-1;;;;/h2-3H;;;;/q;+2;;2*-1. The first-order chi connectivity index (χ1) is 2.21. The quantitative estimate of drug-likeness (QED) is 0.197. The molecule has 1 rings (SSSR count). The Hall–Kier alpha value is 1.81. The fourth-order valence-electron chi connectivity index (χ4n) is 0.0373. The third kappa shape index (κ3) is 5.69. The molecule has 38 valence electrons. The van der Waals surface area contributed by atoms with Gasteiger partial charge < -0.3 is 13.1 Å². The predicted octanol–water partition coefficient (Wildman–Crippen LogP) is -1.61. The summed E-state index contributed by atoms with van der Waals surface area (Å²) in [7, 11) is 0. The molecule has 2 N–H and O–H groups in total. The van der Waals surface area contributed by atoms with Gasteiger partial charge in [-0.3, -0.25) is 0 Å². The molecule has 7 heavy (non-hydrogen) atoms. The fourth-order valence-corrected chi connectivity index (χ4v) is 0.0373. The number of hydrogen-bond acceptors (Lipinski definition) is 4. The van der Waals surface area contributed by atoms with Crippen molar-refractivity contribution in [3.8, 4) is 0 Å². The summed E-state index contributed by atoms with van der Waals surface area (Å²) in [6, 6.07) is 0. The van der Waals surface area contributed by atoms with E-state index in [-0.39, 0.29) is 62.3 Å². The second-order valence-electron chi connectivity index (χ2n) is 0.715. The first kappa shape index (κ1) is 11.6. The second kappa shape index (κ2) is 3.77. The number of aliphatic hydroxyl groups is 2. The summed E-state index contributed by atoms with van der Waals surface area (Å²) in [5, 5.41) is 15.5. The van der Waals surface area contributed by atoms with E-state index in [2.05, 4.69) is 9.78 Å². The van der Waals surface area contributed by atoms with Crippen LogP contribution in [0.25, 0.3) is 0 Å². The van der Waals surface area contributed by atoms with Crippen LogP contribution in [0, 0.1) is 0 Å². The van der Waals surface area contributed by atoms with Crippen LogP contribution in [0.3, 0.4) is 0 Å². The van der Waals surface area contributed by atoms with E-state index in [9.17, 15) is 0 Å². The van der Waals surface area contributed by atoms with Crippen molar-refractivity contribution in [3.63, 3.8) is 0 Å². The molecule has 0 aromatic carbocycles. The van der Waals surface area contributed by atoms with Crippen LogP contribution in [0.4, 0.5) is 0 Å². The summed E-state index contributed by atoms with van der Waals surface area (Å²) in [4.78, 5) is 7.01. The minimum absolute atomic E-state index is 0. The Kier molecular flexibility index (Phi) is 6.24. The van der Waals surface area contributed by atoms with Crippen LogP contribution in [-0.4, -0.2) is 54.1 Å². The average Bonchev–Trinajstić information content (AvgIpc) is 1.76. The molecule has 0 saturated carbocycles. The van der Waals surface area contributed by atoms with Crippen molar-refractivity contribution >= 4 is 37.7 Å². The minimum Gasteiger partial charge on any atom is -1.00 e. The van der Waals surface area contributed by atoms with Crippen LogP contribution in [0.1, 0.15) is 2.85 Å². The zero-order chi connectivity index (χ0) is 3.91. The molecule has 0 amide bonds. The zero-order valence-corrected chi connectivity index (χ0v) is 7.19. The summed E-state index contributed by atoms with van der Waals surface area (Å²) in [5.41, 5.74) is 0. The first-order valence-electron chi connectivity index (χ1n) is 1.02. The van der Waals surface area contributed by atoms with Crippen molar-refractivity contribution in [1.29, 1.82) is 0 Å². The van der Waals surface area contributed by atoms with Gasteiger partial charge in [0.15, 0.2) is 0 Å². The molecule has 0 aliphatic carbocycles. The maximum absolute atomic E-state index is 7.74. The van der Waals surface area contributed by atoms with Crippen LogP contribution >= 0.6 is 0 Å². The molecule has 4 nitrogen and oxygen atoms in total. The Bertz CT molecular complexity index is 56.5. The zero-order valence-electron chi connectivity index (χ0n) is 5.42. The fraction of sp³-hybridized carbons (Fsp3) is 1.00. The van der Waals surface area contributed by atoms with Crippen molar-refractivity contribution in [1.82, 2.24) is 0 Å². The smallest absolute Gasteiger partial charge is 1.00 e. The van der Waals surface area contributed by atoms with Crippen LogP contribution < -0.4 is 0 Å². The van der Waals surface area contributed by atoms with Crippen LogP contribution in [-0.2, 0) is 31.5 Å². The van der Waals surface area contributed by atoms with Gasteiger partial charge in [-0.25, -0.2) is 0 Å². The third-order valence-corrected chi connectivity index (χ3v) is 0.232. The van der Waals surface area contributed by atoms with Crippen LogP contribution in [0.2, 0.25) is 0 Å². The van der Waals surface area contributed by atoms with Gasteiger partial charge in [0.25, 0.3) is 0 Å². The van der Waals surface area contributed by atoms with Crippen molar-refractivity contribution in [2.24, 2.45) is 0 Å². The van der Waals surface area contributed by atoms with Gasteiger partial charge in [0.2, 0.25) is 0 Å². The van der Waals surface area contributed by atoms with Gasteiger partial charge in [-0.15, -0.1) is 9.78 Å². The Labute approximate surface area is 87.6 Å². The summed E-state index contributed by atoms with van der Waals surface area (Å²) in [6.45, 7) is 0. The number of hydrogen-bond donors (Lipinski definition) is 2. The summed E-state index contributed by atoms with van der Waals surface area (Å²) in [5.74, 6) is 0. The van der Waals surface area contributed by atoms with E-state index in [1.807, 2.05) is 0 Å². The van der Waals surface area contributed by atoms with E-state index in [0.717, 1.165) is 0 Å². The largest absolute Gasteiger partial charge is 2.00 e. The molecule has 1 aliphatic heterocycles. The number of rotatable bonds is 0. The molecule has 0 aromatic heterocycles. The van der Waals surface area contributed by atoms with Gasteiger partial charge in [-0.1, -0.05) is 0 Å². The topological polar surface area (TPSA) is 65.5 Å². The Balaban J connectivity index is -0.0000000312. The van der Waals surface area contributed by atoms with Gasteiger partial charge in [-0.2, -0.15) is 0 Å². The average molecular weight is 168 g/mol. The SMILES string of the molecule is OC1(O)OO1.[Ca+2].[H-].[H-].[Ti]. The normalized spacial score (nSPS) is 21.4. The van der Waals surface area contributed by atoms with Crippen LogP contribution in [0.15, 0.2) is 0 Å². The van der Waals surface area contributed by atoms with Crippen molar-refractivity contribution in [2.75, 3.05) is 0 Å². The maximum atomic E-state index is 7.74. The van der Waals surface area contributed by atoms with Crippen LogP contribution in [0.5, 0.6) is 0 Å². The molecule has 6 heteroatoms. The first-order valence-corrected chi connectivity index (χ1v) is 1.02. The monoisotopic (exact) mass is 168 g/mol. The summed E-state index contributed by atoms with van der Waals surface area (Å²) < 4.78 is 0. The third-order valence-electron chi connectivity index (χ3n) is 0.232. The summed E-state index contributed by atoms with van der Waals surface area (Å²) in [6.07, 6.45) is -2.25. The molecule has 0 spiro atoms. The van der Waals surface area contributed by atoms with Gasteiger partial charge in [0.1, 0.15) is 0 Å². The molecule has 0 aromatic rings. The molecule has 0 atom stereocenters. The Morgan fingerprint density at radius 2 is 1.43 bits per heavy atom. The van der Waals surface area contributed by atoms with Crippen molar-refractivity contribution < 1.29 is 44.6 Å². The minimum atomic E-state index is -2.25. The Morgan fingerprint density at radius 3 is 1.43 bits per heavy atom. The molecular weight excluding hydrogens is 164 g/mol. The molecule has 1 aliphatic rings. The summed E-state index contributed by atoms with van der Waals surface area (Å²) >= 11 is 0. The molecule has 0 unspecified atom stereocenters. The van der Waals surface area contributed by atoms with Gasteiger partial charge in [0, 0.05) is 21.7 Å². The van der Waals surface area contributed by atoms with Gasteiger partial charge in [-0.05, 0) is 0 Å². The predicted molar refractivity (Wildman–Crippen MR) is 17.3 cm³/mol. The molecule has 1 heterocycles. The van der Waals surface area contributed by atoms with E-state index < -0.39 is 6.16 Å². The van der Waals surface area contributed by atoms with E-state index in [0.29, 0.717) is 0 Å². The van der Waals surface area contributed by atoms with E-state index in [4.69, 9.17) is 10.2 Å². The maximum Gasteiger partial charge on any atom is 2.00 e. The molecule has 0 bridgehead atoms. The van der Waals surface area contributed by atoms with Gasteiger partial charge in [0.05, 0.1) is 0 Å². The van der Waals surface area contributed by atoms with E-state index in [1.165, 1.54) is 0 Å². The van der Waals surface area contributed by atoms with Crippen molar-refractivity contribution in [3.05, 3.63) is 0 Å². The Morgan fingerprint density at radius 1 is 1.29 bits per heavy atom. The molecule has 1 fully saturated rings. The molecule has 1 saturated heterocycles.